The van der Waals surface area contributed by atoms with E-state index in [1.807, 2.05) is 78.9 Å². The molecule has 0 aliphatic carbocycles. The van der Waals surface area contributed by atoms with Crippen LogP contribution in [0.25, 0.3) is 10.9 Å². The first-order chi connectivity index (χ1) is 27.2. The molecule has 2 heterocycles. The van der Waals surface area contributed by atoms with E-state index in [4.69, 9.17) is 27.9 Å². The average Bonchev–Trinajstić information content (AvgIpc) is 3.23. The number of nitrogens with zero attached hydrogens (tertiary/aromatic N) is 3. The summed E-state index contributed by atoms with van der Waals surface area (Å²) >= 11 is 12.5. The van der Waals surface area contributed by atoms with Gasteiger partial charge in [-0.2, -0.15) is 4.31 Å². The number of nitrogens with one attached hydrogen (secondary N) is 2. The maximum Gasteiger partial charge on any atom is 0.251 e. The molecule has 1 aliphatic rings. The number of piperidine rings is 1. The SMILES string of the molecule is CCc1ccc(OCCCNC(=O)c2ccc(S(=O)(=O)N3CCC(Nc4ncnc5ccc(C(c6ccc(Cl)cc6)c6ccc(Cl)cc6)cc45)CC3)cc2)cc1. The maximum absolute atomic E-state index is 13.6. The number of aromatic nitrogens is 2. The quantitative estimate of drug-likeness (QED) is 0.0834. The van der Waals surface area contributed by atoms with Gasteiger partial charge in [0, 0.05) is 52.6 Å². The van der Waals surface area contributed by atoms with Gasteiger partial charge in [0.1, 0.15) is 17.9 Å². The van der Waals surface area contributed by atoms with E-state index in [-0.39, 0.29) is 22.8 Å². The predicted octanol–water partition coefficient (Wildman–Crippen LogP) is 9.14. The van der Waals surface area contributed by atoms with Crippen molar-refractivity contribution in [2.24, 2.45) is 0 Å². The van der Waals surface area contributed by atoms with Crippen molar-refractivity contribution in [1.29, 1.82) is 0 Å². The summed E-state index contributed by atoms with van der Waals surface area (Å²) in [6.07, 6.45) is 4.35. The molecule has 0 spiro atoms. The van der Waals surface area contributed by atoms with Gasteiger partial charge in [0.25, 0.3) is 5.91 Å². The van der Waals surface area contributed by atoms with E-state index in [9.17, 15) is 13.2 Å². The first kappa shape index (κ1) is 39.2. The largest absolute Gasteiger partial charge is 0.494 e. The third-order valence-corrected chi connectivity index (χ3v) is 12.6. The molecule has 7 rings (SSSR count). The predicted molar refractivity (Wildman–Crippen MR) is 223 cm³/mol. The first-order valence-corrected chi connectivity index (χ1v) is 21.0. The lowest BCUT2D eigenvalue weighted by Gasteiger charge is -2.32. The Kier molecular flexibility index (Phi) is 12.5. The van der Waals surface area contributed by atoms with Gasteiger partial charge in [-0.25, -0.2) is 18.4 Å². The minimum atomic E-state index is -3.75. The molecule has 1 fully saturated rings. The normalized spacial score (nSPS) is 13.9. The molecule has 6 aromatic rings. The lowest BCUT2D eigenvalue weighted by Crippen LogP contribution is -2.42. The van der Waals surface area contributed by atoms with Gasteiger partial charge < -0.3 is 15.4 Å². The third kappa shape index (κ3) is 9.33. The minimum Gasteiger partial charge on any atom is -0.494 e. The monoisotopic (exact) mass is 807 g/mol. The summed E-state index contributed by atoms with van der Waals surface area (Å²) < 4.78 is 34.5. The van der Waals surface area contributed by atoms with Crippen LogP contribution in [-0.4, -0.2) is 60.9 Å². The number of sulfonamides is 1. The number of amides is 1. The summed E-state index contributed by atoms with van der Waals surface area (Å²) in [5.41, 5.74) is 5.68. The van der Waals surface area contributed by atoms with Gasteiger partial charge in [0.05, 0.1) is 17.0 Å². The van der Waals surface area contributed by atoms with Crippen LogP contribution in [0.1, 0.15) is 64.7 Å². The fourth-order valence-electron chi connectivity index (χ4n) is 7.01. The average molecular weight is 809 g/mol. The highest BCUT2D eigenvalue weighted by atomic mass is 35.5. The molecule has 288 valence electrons. The Morgan fingerprint density at radius 1 is 0.821 bits per heavy atom. The molecule has 2 N–H and O–H groups in total. The Morgan fingerprint density at radius 2 is 1.45 bits per heavy atom. The van der Waals surface area contributed by atoms with Crippen molar-refractivity contribution in [2.45, 2.75) is 49.5 Å². The molecule has 1 aliphatic heterocycles. The lowest BCUT2D eigenvalue weighted by molar-refractivity contribution is 0.0951. The zero-order chi connectivity index (χ0) is 39.1. The zero-order valence-electron chi connectivity index (χ0n) is 31.0. The molecule has 5 aromatic carbocycles. The van der Waals surface area contributed by atoms with Crippen LogP contribution < -0.4 is 15.4 Å². The molecule has 0 bridgehead atoms. The summed E-state index contributed by atoms with van der Waals surface area (Å²) in [6.45, 7) is 3.71. The van der Waals surface area contributed by atoms with Crippen LogP contribution in [0.4, 0.5) is 5.82 Å². The van der Waals surface area contributed by atoms with E-state index in [1.165, 1.54) is 22.0 Å². The van der Waals surface area contributed by atoms with Crippen LogP contribution in [0.15, 0.2) is 126 Å². The van der Waals surface area contributed by atoms with Crippen molar-refractivity contribution in [2.75, 3.05) is 31.6 Å². The van der Waals surface area contributed by atoms with Crippen molar-refractivity contribution < 1.29 is 17.9 Å². The third-order valence-electron chi connectivity index (χ3n) is 10.2. The molecule has 0 atom stereocenters. The van der Waals surface area contributed by atoms with E-state index in [0.717, 1.165) is 39.8 Å². The van der Waals surface area contributed by atoms with E-state index >= 15 is 0 Å². The van der Waals surface area contributed by atoms with Gasteiger partial charge in [-0.15, -0.1) is 0 Å². The Hall–Kier alpha value is -5.00. The number of ether oxygens (including phenoxy) is 1. The molecule has 0 unspecified atom stereocenters. The molecular formula is C44H43Cl2N5O4S. The zero-order valence-corrected chi connectivity index (χ0v) is 33.3. The van der Waals surface area contributed by atoms with Crippen LogP contribution in [-0.2, 0) is 16.4 Å². The molecule has 1 amide bonds. The Balaban J connectivity index is 0.959. The van der Waals surface area contributed by atoms with Gasteiger partial charge in [-0.05, 0) is 121 Å². The number of halogens is 2. The fourth-order valence-corrected chi connectivity index (χ4v) is 8.73. The number of fused-ring (bicyclic) bond motifs is 1. The van der Waals surface area contributed by atoms with Crippen LogP contribution in [0.2, 0.25) is 10.0 Å². The number of hydrogen-bond acceptors (Lipinski definition) is 7. The molecule has 56 heavy (non-hydrogen) atoms. The second-order valence-corrected chi connectivity index (χ2v) is 16.6. The van der Waals surface area contributed by atoms with Gasteiger partial charge in [0.2, 0.25) is 10.0 Å². The number of carbonyl (C=O) groups excluding carboxylic acids is 1. The molecule has 9 nitrogen and oxygen atoms in total. The number of anilines is 1. The highest BCUT2D eigenvalue weighted by Crippen LogP contribution is 2.36. The fraction of sp³-hybridized carbons (Fsp3) is 0.250. The van der Waals surface area contributed by atoms with Gasteiger partial charge in [0.15, 0.2) is 0 Å². The van der Waals surface area contributed by atoms with Gasteiger partial charge in [-0.1, -0.05) is 72.6 Å². The van der Waals surface area contributed by atoms with Crippen LogP contribution in [0.5, 0.6) is 5.75 Å². The summed E-state index contributed by atoms with van der Waals surface area (Å²) in [5.74, 6) is 1.16. The topological polar surface area (TPSA) is 114 Å². The highest BCUT2D eigenvalue weighted by Gasteiger charge is 2.30. The van der Waals surface area contributed by atoms with Crippen molar-refractivity contribution in [3.63, 3.8) is 0 Å². The Labute approximate surface area is 338 Å². The molecule has 1 saturated heterocycles. The number of hydrogen-bond donors (Lipinski definition) is 2. The smallest absolute Gasteiger partial charge is 0.251 e. The Morgan fingerprint density at radius 3 is 2.07 bits per heavy atom. The molecule has 0 saturated carbocycles. The van der Waals surface area contributed by atoms with Gasteiger partial charge in [-0.3, -0.25) is 4.79 Å². The molecule has 1 aromatic heterocycles. The van der Waals surface area contributed by atoms with Crippen LogP contribution in [0, 0.1) is 0 Å². The highest BCUT2D eigenvalue weighted by molar-refractivity contribution is 7.89. The standard InChI is InChI=1S/C44H43Cl2N5O4S/c1-2-30-4-17-38(18-5-30)55-27-3-24-47-44(52)33-10-19-39(20-11-33)56(53,54)51-25-22-37(23-26-51)50-43-40-28-34(12-21-41(40)48-29-49-43)42(31-6-13-35(45)14-7-31)32-8-15-36(46)16-9-32/h4-21,28-29,37,42H,2-3,22-27H2,1H3,(H,47,52)(H,48,49,50). The number of aryl methyl sites for hydroxylation is 1. The molecule has 0 radical (unpaired) electrons. The van der Waals surface area contributed by atoms with E-state index in [0.29, 0.717) is 66.9 Å². The lowest BCUT2D eigenvalue weighted by atomic mass is 9.84. The maximum atomic E-state index is 13.6. The van der Waals surface area contributed by atoms with E-state index in [1.54, 1.807) is 18.5 Å². The summed E-state index contributed by atoms with van der Waals surface area (Å²) in [4.78, 5) is 22.1. The number of carbonyl (C=O) groups is 1. The molecular weight excluding hydrogens is 765 g/mol. The second-order valence-electron chi connectivity index (χ2n) is 13.8. The summed E-state index contributed by atoms with van der Waals surface area (Å²) in [6, 6.07) is 36.0. The van der Waals surface area contributed by atoms with Crippen molar-refractivity contribution in [3.05, 3.63) is 159 Å². The van der Waals surface area contributed by atoms with Crippen LogP contribution in [0.3, 0.4) is 0 Å². The summed E-state index contributed by atoms with van der Waals surface area (Å²) in [5, 5.41) is 8.69. The number of benzene rings is 5. The van der Waals surface area contributed by atoms with E-state index in [2.05, 4.69) is 39.7 Å². The molecule has 12 heteroatoms. The van der Waals surface area contributed by atoms with Crippen LogP contribution >= 0.6 is 23.2 Å². The summed E-state index contributed by atoms with van der Waals surface area (Å²) in [7, 11) is -3.75. The van der Waals surface area contributed by atoms with Gasteiger partial charge >= 0.3 is 0 Å². The number of rotatable bonds is 14. The minimum absolute atomic E-state index is 0.00427. The van der Waals surface area contributed by atoms with Crippen molar-refractivity contribution >= 4 is 55.9 Å². The van der Waals surface area contributed by atoms with E-state index < -0.39 is 10.0 Å². The first-order valence-electron chi connectivity index (χ1n) is 18.8. The second kappa shape index (κ2) is 17.9. The Bertz CT molecular complexity index is 2320. The van der Waals surface area contributed by atoms with Crippen molar-refractivity contribution in [1.82, 2.24) is 19.6 Å². The van der Waals surface area contributed by atoms with Crippen molar-refractivity contribution in [3.8, 4) is 5.75 Å².